The van der Waals surface area contributed by atoms with E-state index in [1.807, 2.05) is 6.07 Å². The highest BCUT2D eigenvalue weighted by Gasteiger charge is 2.20. The van der Waals surface area contributed by atoms with Gasteiger partial charge >= 0.3 is 0 Å². The maximum absolute atomic E-state index is 13.8. The number of aryl methyl sites for hydroxylation is 2. The molecule has 0 saturated carbocycles. The zero-order valence-electron chi connectivity index (χ0n) is 15.7. The number of unbranched alkanes of at least 4 members (excludes halogenated alkanes) is 2. The van der Waals surface area contributed by atoms with Gasteiger partial charge in [-0.05, 0) is 73.9 Å². The number of fused-ring (bicyclic) bond motifs is 1. The van der Waals surface area contributed by atoms with E-state index >= 15 is 0 Å². The van der Waals surface area contributed by atoms with Crippen LogP contribution in [-0.2, 0) is 12.8 Å². The summed E-state index contributed by atoms with van der Waals surface area (Å²) in [6, 6.07) is 9.22. The van der Waals surface area contributed by atoms with Crippen LogP contribution in [0.3, 0.4) is 0 Å². The van der Waals surface area contributed by atoms with Crippen LogP contribution in [-0.4, -0.2) is 4.98 Å². The summed E-state index contributed by atoms with van der Waals surface area (Å²) < 4.78 is 13.8. The fraction of sp³-hybridized carbons (Fsp3) is 0.435. The number of nitrogens with zero attached hydrogens (tertiary/aromatic N) is 1. The minimum atomic E-state index is -0.193. The standard InChI is InChI=1S/C23H28FN/c1-4-6-7-9-18-15-21-20(5-2)16(3)12-13-22(21)25-23(18)17-10-8-11-19(24)14-17/h8,10-11,14-15H,4-7,9,12-13H2,1-3H3. The van der Waals surface area contributed by atoms with Crippen LogP contribution < -0.4 is 0 Å². The summed E-state index contributed by atoms with van der Waals surface area (Å²) in [5.41, 5.74) is 8.60. The first-order chi connectivity index (χ1) is 12.1. The Kier molecular flexibility index (Phi) is 5.67. The van der Waals surface area contributed by atoms with Gasteiger partial charge in [0.25, 0.3) is 0 Å². The lowest BCUT2D eigenvalue weighted by molar-refractivity contribution is 0.628. The first-order valence-corrected chi connectivity index (χ1v) is 9.61. The average molecular weight is 337 g/mol. The highest BCUT2D eigenvalue weighted by atomic mass is 19.1. The van der Waals surface area contributed by atoms with Crippen LogP contribution in [0.4, 0.5) is 4.39 Å². The van der Waals surface area contributed by atoms with E-state index < -0.39 is 0 Å². The molecule has 2 heteroatoms. The van der Waals surface area contributed by atoms with E-state index in [2.05, 4.69) is 26.8 Å². The van der Waals surface area contributed by atoms with E-state index in [9.17, 15) is 4.39 Å². The summed E-state index contributed by atoms with van der Waals surface area (Å²) in [6.07, 6.45) is 7.71. The summed E-state index contributed by atoms with van der Waals surface area (Å²) in [5, 5.41) is 0. The smallest absolute Gasteiger partial charge is 0.123 e. The lowest BCUT2D eigenvalue weighted by atomic mass is 9.85. The van der Waals surface area contributed by atoms with Gasteiger partial charge in [-0.2, -0.15) is 0 Å². The van der Waals surface area contributed by atoms with Crippen molar-refractivity contribution >= 4 is 5.57 Å². The summed E-state index contributed by atoms with van der Waals surface area (Å²) in [5.74, 6) is -0.193. The molecule has 1 aliphatic rings. The fourth-order valence-electron chi connectivity index (χ4n) is 3.87. The van der Waals surface area contributed by atoms with Gasteiger partial charge in [0.05, 0.1) is 5.69 Å². The molecular formula is C23H28FN. The molecule has 3 rings (SSSR count). The molecule has 1 aromatic carbocycles. The Morgan fingerprint density at radius 2 is 1.92 bits per heavy atom. The number of hydrogen-bond donors (Lipinski definition) is 0. The average Bonchev–Trinajstić information content (AvgIpc) is 2.61. The molecule has 1 nitrogen and oxygen atoms in total. The van der Waals surface area contributed by atoms with Crippen molar-refractivity contribution in [2.45, 2.75) is 65.7 Å². The van der Waals surface area contributed by atoms with Gasteiger partial charge in [0, 0.05) is 11.3 Å². The number of allylic oxidation sites excluding steroid dienone is 2. The van der Waals surface area contributed by atoms with Gasteiger partial charge in [0.1, 0.15) is 5.82 Å². The van der Waals surface area contributed by atoms with Crippen LogP contribution in [0.5, 0.6) is 0 Å². The third kappa shape index (κ3) is 3.84. The summed E-state index contributed by atoms with van der Waals surface area (Å²) in [7, 11) is 0. The molecule has 132 valence electrons. The minimum Gasteiger partial charge on any atom is -0.252 e. The molecule has 0 N–H and O–H groups in total. The van der Waals surface area contributed by atoms with Crippen molar-refractivity contribution in [3.8, 4) is 11.3 Å². The van der Waals surface area contributed by atoms with Crippen LogP contribution in [0.1, 0.15) is 69.7 Å². The zero-order chi connectivity index (χ0) is 17.8. The van der Waals surface area contributed by atoms with E-state index in [1.165, 1.54) is 46.9 Å². The van der Waals surface area contributed by atoms with Gasteiger partial charge in [0.2, 0.25) is 0 Å². The monoisotopic (exact) mass is 337 g/mol. The van der Waals surface area contributed by atoms with Crippen molar-refractivity contribution < 1.29 is 4.39 Å². The maximum atomic E-state index is 13.8. The molecule has 0 radical (unpaired) electrons. The number of hydrogen-bond acceptors (Lipinski definition) is 1. The molecule has 0 spiro atoms. The summed E-state index contributed by atoms with van der Waals surface area (Å²) in [4.78, 5) is 5.04. The Labute approximate surface area is 151 Å². The summed E-state index contributed by atoms with van der Waals surface area (Å²) in [6.45, 7) is 6.70. The van der Waals surface area contributed by atoms with Crippen LogP contribution in [0, 0.1) is 5.82 Å². The molecule has 0 amide bonds. The quantitative estimate of drug-likeness (QED) is 0.531. The largest absolute Gasteiger partial charge is 0.252 e. The zero-order valence-corrected chi connectivity index (χ0v) is 15.7. The first kappa shape index (κ1) is 17.8. The second-order valence-corrected chi connectivity index (χ2v) is 7.07. The van der Waals surface area contributed by atoms with Crippen molar-refractivity contribution in [2.24, 2.45) is 0 Å². The molecule has 1 heterocycles. The van der Waals surface area contributed by atoms with E-state index in [4.69, 9.17) is 4.98 Å². The second-order valence-electron chi connectivity index (χ2n) is 7.07. The number of halogens is 1. The molecule has 0 unspecified atom stereocenters. The van der Waals surface area contributed by atoms with E-state index in [-0.39, 0.29) is 5.82 Å². The number of pyridine rings is 1. The molecule has 0 bridgehead atoms. The van der Waals surface area contributed by atoms with Crippen LogP contribution in [0.2, 0.25) is 0 Å². The van der Waals surface area contributed by atoms with Gasteiger partial charge in [0.15, 0.2) is 0 Å². The van der Waals surface area contributed by atoms with Crippen molar-refractivity contribution in [3.63, 3.8) is 0 Å². The highest BCUT2D eigenvalue weighted by Crippen LogP contribution is 2.36. The summed E-state index contributed by atoms with van der Waals surface area (Å²) >= 11 is 0. The molecule has 2 aromatic rings. The molecule has 0 saturated heterocycles. The maximum Gasteiger partial charge on any atom is 0.123 e. The first-order valence-electron chi connectivity index (χ1n) is 9.61. The Morgan fingerprint density at radius 1 is 1.08 bits per heavy atom. The third-order valence-corrected chi connectivity index (χ3v) is 5.26. The van der Waals surface area contributed by atoms with Crippen LogP contribution >= 0.6 is 0 Å². The Morgan fingerprint density at radius 3 is 2.64 bits per heavy atom. The van der Waals surface area contributed by atoms with Gasteiger partial charge in [-0.1, -0.05) is 44.4 Å². The lowest BCUT2D eigenvalue weighted by Gasteiger charge is -2.23. The van der Waals surface area contributed by atoms with Gasteiger partial charge in [-0.25, -0.2) is 4.39 Å². The SMILES string of the molecule is CCCCCc1cc2c(nc1-c1cccc(F)c1)CCC(C)=C2CC. The van der Waals surface area contributed by atoms with Gasteiger partial charge < -0.3 is 0 Å². The predicted molar refractivity (Wildman–Crippen MR) is 104 cm³/mol. The number of aromatic nitrogens is 1. The van der Waals surface area contributed by atoms with Crippen molar-refractivity contribution in [3.05, 3.63) is 58.5 Å². The number of rotatable bonds is 6. The van der Waals surface area contributed by atoms with Crippen LogP contribution in [0.15, 0.2) is 35.9 Å². The fourth-order valence-corrected chi connectivity index (χ4v) is 3.87. The van der Waals surface area contributed by atoms with Crippen molar-refractivity contribution in [1.29, 1.82) is 0 Å². The highest BCUT2D eigenvalue weighted by molar-refractivity contribution is 5.75. The van der Waals surface area contributed by atoms with Crippen molar-refractivity contribution in [1.82, 2.24) is 4.98 Å². The lowest BCUT2D eigenvalue weighted by Crippen LogP contribution is -2.09. The topological polar surface area (TPSA) is 12.9 Å². The minimum absolute atomic E-state index is 0.193. The van der Waals surface area contributed by atoms with E-state index in [0.29, 0.717) is 0 Å². The predicted octanol–water partition coefficient (Wildman–Crippen LogP) is 6.75. The molecule has 0 fully saturated rings. The molecule has 0 atom stereocenters. The Balaban J connectivity index is 2.11. The van der Waals surface area contributed by atoms with Gasteiger partial charge in [-0.3, -0.25) is 4.98 Å². The van der Waals surface area contributed by atoms with E-state index in [0.717, 1.165) is 43.4 Å². The Bertz CT molecular complexity index is 789. The second kappa shape index (κ2) is 7.95. The van der Waals surface area contributed by atoms with Crippen molar-refractivity contribution in [2.75, 3.05) is 0 Å². The third-order valence-electron chi connectivity index (χ3n) is 5.26. The molecule has 1 aliphatic carbocycles. The normalized spacial score (nSPS) is 13.9. The Hall–Kier alpha value is -1.96. The molecule has 25 heavy (non-hydrogen) atoms. The van der Waals surface area contributed by atoms with E-state index in [1.54, 1.807) is 12.1 Å². The van der Waals surface area contributed by atoms with Crippen LogP contribution in [0.25, 0.3) is 16.8 Å². The molecule has 0 aliphatic heterocycles. The molecule has 1 aromatic heterocycles. The number of benzene rings is 1. The van der Waals surface area contributed by atoms with Gasteiger partial charge in [-0.15, -0.1) is 0 Å². The molecular weight excluding hydrogens is 309 g/mol.